The van der Waals surface area contributed by atoms with Gasteiger partial charge in [-0.15, -0.1) is 11.6 Å². The fourth-order valence-electron chi connectivity index (χ4n) is 1.86. The maximum atomic E-state index is 11.8. The van der Waals surface area contributed by atoms with Crippen LogP contribution in [-0.2, 0) is 0 Å². The number of hydrogen-bond acceptors (Lipinski definition) is 2. The van der Waals surface area contributed by atoms with Gasteiger partial charge in [-0.2, -0.15) is 0 Å². The minimum atomic E-state index is -0.0630. The van der Waals surface area contributed by atoms with Gasteiger partial charge < -0.3 is 9.73 Å². The lowest BCUT2D eigenvalue weighted by atomic mass is 10.0. The highest BCUT2D eigenvalue weighted by Crippen LogP contribution is 2.12. The molecule has 1 rings (SSSR count). The molecule has 0 spiro atoms. The fraction of sp³-hybridized carbons (Fsp3) is 0.615. The number of furan rings is 1. The Balaban J connectivity index is 2.43. The average Bonchev–Trinajstić information content (AvgIpc) is 2.72. The molecule has 1 amide bonds. The number of hydrogen-bond donors (Lipinski definition) is 1. The number of alkyl halides is 1. The van der Waals surface area contributed by atoms with E-state index < -0.39 is 0 Å². The van der Waals surface area contributed by atoms with Crippen LogP contribution < -0.4 is 5.32 Å². The monoisotopic (exact) mass is 257 g/mol. The molecule has 17 heavy (non-hydrogen) atoms. The van der Waals surface area contributed by atoms with Gasteiger partial charge in [0.2, 0.25) is 0 Å². The van der Waals surface area contributed by atoms with Crippen LogP contribution in [0.2, 0.25) is 0 Å². The van der Waals surface area contributed by atoms with Crippen molar-refractivity contribution in [3.05, 3.63) is 23.7 Å². The zero-order valence-electron chi connectivity index (χ0n) is 10.5. The van der Waals surface area contributed by atoms with Crippen molar-refractivity contribution in [1.82, 2.24) is 5.32 Å². The summed E-state index contributed by atoms with van der Waals surface area (Å²) in [6.45, 7) is 4.62. The van der Waals surface area contributed by atoms with E-state index in [1.54, 1.807) is 13.0 Å². The van der Waals surface area contributed by atoms with Gasteiger partial charge in [0.15, 0.2) is 0 Å². The number of rotatable bonds is 7. The van der Waals surface area contributed by atoms with Crippen LogP contribution in [0, 0.1) is 12.8 Å². The summed E-state index contributed by atoms with van der Waals surface area (Å²) in [7, 11) is 0. The Hall–Kier alpha value is -0.960. The van der Waals surface area contributed by atoms with Crippen molar-refractivity contribution in [2.45, 2.75) is 33.1 Å². The van der Waals surface area contributed by atoms with Crippen LogP contribution in [0.5, 0.6) is 0 Å². The summed E-state index contributed by atoms with van der Waals surface area (Å²) in [5.41, 5.74) is 0.617. The smallest absolute Gasteiger partial charge is 0.254 e. The number of halogens is 1. The zero-order chi connectivity index (χ0) is 12.7. The van der Waals surface area contributed by atoms with Crippen molar-refractivity contribution in [1.29, 1.82) is 0 Å². The average molecular weight is 258 g/mol. The van der Waals surface area contributed by atoms with Gasteiger partial charge in [0, 0.05) is 12.4 Å². The first-order valence-corrected chi connectivity index (χ1v) is 6.60. The predicted octanol–water partition coefficient (Wildman–Crippen LogP) is 3.36. The van der Waals surface area contributed by atoms with Crippen LogP contribution in [0.15, 0.2) is 16.7 Å². The second-order valence-electron chi connectivity index (χ2n) is 4.23. The molecular weight excluding hydrogens is 238 g/mol. The van der Waals surface area contributed by atoms with E-state index in [0.717, 1.165) is 19.3 Å². The largest absolute Gasteiger partial charge is 0.469 e. The Kier molecular flexibility index (Phi) is 6.12. The molecule has 0 saturated carbocycles. The van der Waals surface area contributed by atoms with Gasteiger partial charge in [0.1, 0.15) is 5.76 Å². The summed E-state index contributed by atoms with van der Waals surface area (Å²) in [4.78, 5) is 11.8. The molecule has 0 bridgehead atoms. The fourth-order valence-corrected chi connectivity index (χ4v) is 2.17. The molecule has 0 fully saturated rings. The van der Waals surface area contributed by atoms with Gasteiger partial charge in [-0.05, 0) is 31.7 Å². The minimum Gasteiger partial charge on any atom is -0.469 e. The Labute approximate surface area is 108 Å². The molecule has 0 radical (unpaired) electrons. The van der Waals surface area contributed by atoms with E-state index in [2.05, 4.69) is 12.2 Å². The Morgan fingerprint density at radius 2 is 2.29 bits per heavy atom. The number of aryl methyl sites for hydroxylation is 1. The Morgan fingerprint density at radius 3 is 2.82 bits per heavy atom. The quantitative estimate of drug-likeness (QED) is 0.761. The summed E-state index contributed by atoms with van der Waals surface area (Å²) in [6.07, 6.45) is 4.69. The number of nitrogens with one attached hydrogen (secondary N) is 1. The maximum absolute atomic E-state index is 11.8. The van der Waals surface area contributed by atoms with Gasteiger partial charge >= 0.3 is 0 Å². The lowest BCUT2D eigenvalue weighted by molar-refractivity contribution is 0.0944. The maximum Gasteiger partial charge on any atom is 0.254 e. The number of amides is 1. The third kappa shape index (κ3) is 4.43. The van der Waals surface area contributed by atoms with E-state index >= 15 is 0 Å². The van der Waals surface area contributed by atoms with E-state index in [-0.39, 0.29) is 5.91 Å². The topological polar surface area (TPSA) is 42.2 Å². The first-order valence-electron chi connectivity index (χ1n) is 6.07. The lowest BCUT2D eigenvalue weighted by Crippen LogP contribution is -2.29. The van der Waals surface area contributed by atoms with E-state index in [4.69, 9.17) is 16.0 Å². The Morgan fingerprint density at radius 1 is 1.53 bits per heavy atom. The summed E-state index contributed by atoms with van der Waals surface area (Å²) in [5.74, 6) is 1.71. The van der Waals surface area contributed by atoms with E-state index in [1.165, 1.54) is 6.26 Å². The second kappa shape index (κ2) is 7.38. The van der Waals surface area contributed by atoms with Gasteiger partial charge in [0.05, 0.1) is 11.8 Å². The van der Waals surface area contributed by atoms with Crippen molar-refractivity contribution in [3.8, 4) is 0 Å². The van der Waals surface area contributed by atoms with Gasteiger partial charge in [0.25, 0.3) is 5.91 Å². The van der Waals surface area contributed by atoms with Crippen LogP contribution >= 0.6 is 11.6 Å². The highest BCUT2D eigenvalue weighted by molar-refractivity contribution is 6.17. The molecule has 4 heteroatoms. The van der Waals surface area contributed by atoms with Gasteiger partial charge in [-0.3, -0.25) is 4.79 Å². The van der Waals surface area contributed by atoms with Crippen LogP contribution in [-0.4, -0.2) is 18.3 Å². The first kappa shape index (κ1) is 14.1. The highest BCUT2D eigenvalue weighted by Gasteiger charge is 2.13. The summed E-state index contributed by atoms with van der Waals surface area (Å²) in [5, 5.41) is 2.94. The van der Waals surface area contributed by atoms with Crippen LogP contribution in [0.3, 0.4) is 0 Å². The molecule has 1 N–H and O–H groups in total. The molecule has 1 aromatic heterocycles. The van der Waals surface area contributed by atoms with Crippen molar-refractivity contribution in [2.75, 3.05) is 12.4 Å². The molecule has 1 atom stereocenters. The van der Waals surface area contributed by atoms with Crippen molar-refractivity contribution >= 4 is 17.5 Å². The molecule has 1 aromatic rings. The van der Waals surface area contributed by atoms with Crippen LogP contribution in [0.1, 0.15) is 42.3 Å². The molecule has 96 valence electrons. The van der Waals surface area contributed by atoms with E-state index in [0.29, 0.717) is 29.7 Å². The molecule has 3 nitrogen and oxygen atoms in total. The van der Waals surface area contributed by atoms with Crippen LogP contribution in [0.4, 0.5) is 0 Å². The third-order valence-corrected chi connectivity index (χ3v) is 3.09. The SMILES string of the molecule is CCCC(CCCl)CNC(=O)c1ccoc1C. The summed E-state index contributed by atoms with van der Waals surface area (Å²) >= 11 is 5.74. The molecule has 0 aromatic carbocycles. The summed E-state index contributed by atoms with van der Waals surface area (Å²) in [6, 6.07) is 1.70. The van der Waals surface area contributed by atoms with E-state index in [1.807, 2.05) is 0 Å². The molecule has 1 unspecified atom stereocenters. The van der Waals surface area contributed by atoms with E-state index in [9.17, 15) is 4.79 Å². The van der Waals surface area contributed by atoms with Crippen molar-refractivity contribution in [3.63, 3.8) is 0 Å². The number of carbonyl (C=O) groups excluding carboxylic acids is 1. The highest BCUT2D eigenvalue weighted by atomic mass is 35.5. The zero-order valence-corrected chi connectivity index (χ0v) is 11.2. The minimum absolute atomic E-state index is 0.0630. The van der Waals surface area contributed by atoms with Crippen LogP contribution in [0.25, 0.3) is 0 Å². The van der Waals surface area contributed by atoms with Gasteiger partial charge in [-0.25, -0.2) is 0 Å². The van der Waals surface area contributed by atoms with Crippen molar-refractivity contribution < 1.29 is 9.21 Å². The normalized spacial score (nSPS) is 12.4. The van der Waals surface area contributed by atoms with Gasteiger partial charge in [-0.1, -0.05) is 13.3 Å². The second-order valence-corrected chi connectivity index (χ2v) is 4.61. The number of carbonyl (C=O) groups is 1. The lowest BCUT2D eigenvalue weighted by Gasteiger charge is -2.15. The summed E-state index contributed by atoms with van der Waals surface area (Å²) < 4.78 is 5.11. The molecule has 0 aliphatic rings. The Bertz CT molecular complexity index is 343. The standard InChI is InChI=1S/C13H20ClNO2/c1-3-4-11(5-7-14)9-15-13(16)12-6-8-17-10(12)2/h6,8,11H,3-5,7,9H2,1-2H3,(H,15,16). The molecule has 1 heterocycles. The molecular formula is C13H20ClNO2. The molecule has 0 aliphatic heterocycles. The molecule has 0 aliphatic carbocycles. The predicted molar refractivity (Wildman–Crippen MR) is 69.5 cm³/mol. The first-order chi connectivity index (χ1) is 8.19. The van der Waals surface area contributed by atoms with Crippen molar-refractivity contribution in [2.24, 2.45) is 5.92 Å². The molecule has 0 saturated heterocycles. The third-order valence-electron chi connectivity index (χ3n) is 2.87.